The number of hydrogen-bond acceptors (Lipinski definition) is 4. The lowest BCUT2D eigenvalue weighted by Crippen LogP contribution is -2.13. The summed E-state index contributed by atoms with van der Waals surface area (Å²) in [6, 6.07) is 7.54. The first-order valence-electron chi connectivity index (χ1n) is 7.43. The average molecular weight is 322 g/mol. The van der Waals surface area contributed by atoms with E-state index >= 15 is 0 Å². The van der Waals surface area contributed by atoms with Crippen molar-refractivity contribution >= 4 is 0 Å². The third kappa shape index (κ3) is 3.85. The number of halogens is 2. The summed E-state index contributed by atoms with van der Waals surface area (Å²) >= 11 is 0. The molecule has 23 heavy (non-hydrogen) atoms. The molecule has 0 bridgehead atoms. The van der Waals surface area contributed by atoms with E-state index in [2.05, 4.69) is 14.9 Å². The van der Waals surface area contributed by atoms with Gasteiger partial charge in [0.25, 0.3) is 5.56 Å². The summed E-state index contributed by atoms with van der Waals surface area (Å²) in [7, 11) is 0. The smallest absolute Gasteiger partial charge is 0.387 e. The van der Waals surface area contributed by atoms with Gasteiger partial charge in [-0.05, 0) is 49.9 Å². The second-order valence-corrected chi connectivity index (χ2v) is 5.37. The first kappa shape index (κ1) is 15.5. The van der Waals surface area contributed by atoms with Gasteiger partial charge >= 0.3 is 6.61 Å². The van der Waals surface area contributed by atoms with Gasteiger partial charge in [0.15, 0.2) is 11.5 Å². The van der Waals surface area contributed by atoms with Crippen molar-refractivity contribution < 1.29 is 18.3 Å². The fourth-order valence-electron chi connectivity index (χ4n) is 2.64. The molecule has 1 heterocycles. The molecule has 7 heteroatoms. The maximum Gasteiger partial charge on any atom is 0.387 e. The van der Waals surface area contributed by atoms with Gasteiger partial charge in [0.2, 0.25) is 0 Å². The Hall–Kier alpha value is -2.44. The van der Waals surface area contributed by atoms with Gasteiger partial charge in [-0.15, -0.1) is 0 Å². The Bertz CT molecular complexity index is 707. The van der Waals surface area contributed by atoms with Gasteiger partial charge < -0.3 is 9.47 Å². The topological polar surface area (TPSA) is 64.2 Å². The summed E-state index contributed by atoms with van der Waals surface area (Å²) in [5.41, 5.74) is 0.856. The molecule has 122 valence electrons. The van der Waals surface area contributed by atoms with Gasteiger partial charge in [-0.1, -0.05) is 0 Å². The van der Waals surface area contributed by atoms with Gasteiger partial charge in [-0.2, -0.15) is 13.9 Å². The maximum absolute atomic E-state index is 12.6. The van der Waals surface area contributed by atoms with Crippen molar-refractivity contribution in [1.29, 1.82) is 0 Å². The van der Waals surface area contributed by atoms with Crippen LogP contribution in [0.3, 0.4) is 0 Å². The summed E-state index contributed by atoms with van der Waals surface area (Å²) in [5.74, 6) is 0.266. The fraction of sp³-hybridized carbons (Fsp3) is 0.375. The highest BCUT2D eigenvalue weighted by Gasteiger charge is 2.20. The van der Waals surface area contributed by atoms with E-state index < -0.39 is 6.61 Å². The van der Waals surface area contributed by atoms with Crippen molar-refractivity contribution in [3.63, 3.8) is 0 Å². The lowest BCUT2D eigenvalue weighted by Gasteiger charge is -2.17. The van der Waals surface area contributed by atoms with Crippen LogP contribution in [-0.2, 0) is 0 Å². The number of nitrogens with zero attached hydrogens (tertiary/aromatic N) is 1. The molecule has 2 aromatic rings. The van der Waals surface area contributed by atoms with Gasteiger partial charge in [-0.25, -0.2) is 5.10 Å². The van der Waals surface area contributed by atoms with Crippen molar-refractivity contribution in [1.82, 2.24) is 10.2 Å². The van der Waals surface area contributed by atoms with E-state index in [1.54, 1.807) is 18.2 Å². The third-order valence-electron chi connectivity index (χ3n) is 3.73. The van der Waals surface area contributed by atoms with Crippen LogP contribution in [0, 0.1) is 0 Å². The minimum Gasteiger partial charge on any atom is -0.487 e. The summed E-state index contributed by atoms with van der Waals surface area (Å²) in [4.78, 5) is 11.1. The highest BCUT2D eigenvalue weighted by molar-refractivity contribution is 5.63. The summed E-state index contributed by atoms with van der Waals surface area (Å²) in [6.07, 6.45) is 3.94. The van der Waals surface area contributed by atoms with Crippen LogP contribution in [-0.4, -0.2) is 22.9 Å². The minimum absolute atomic E-state index is 0.0000691. The predicted molar refractivity (Wildman–Crippen MR) is 79.8 cm³/mol. The van der Waals surface area contributed by atoms with Gasteiger partial charge in [0, 0.05) is 11.6 Å². The van der Waals surface area contributed by atoms with Crippen molar-refractivity contribution in [2.45, 2.75) is 38.4 Å². The minimum atomic E-state index is -2.92. The highest BCUT2D eigenvalue weighted by Crippen LogP contribution is 2.35. The molecule has 1 aromatic carbocycles. The molecule has 1 saturated carbocycles. The third-order valence-corrected chi connectivity index (χ3v) is 3.73. The predicted octanol–water partition coefficient (Wildman–Crippen LogP) is 3.36. The van der Waals surface area contributed by atoms with E-state index in [-0.39, 0.29) is 23.2 Å². The summed E-state index contributed by atoms with van der Waals surface area (Å²) in [6.45, 7) is -2.92. The molecular weight excluding hydrogens is 306 g/mol. The molecule has 1 aliphatic rings. The molecule has 1 aliphatic carbocycles. The Balaban J connectivity index is 1.92. The van der Waals surface area contributed by atoms with Crippen LogP contribution in [0.15, 0.2) is 35.1 Å². The molecule has 1 aromatic heterocycles. The fourth-order valence-corrected chi connectivity index (χ4v) is 2.64. The molecule has 0 saturated heterocycles. The quantitative estimate of drug-likeness (QED) is 0.917. The first-order chi connectivity index (χ1) is 11.1. The molecular formula is C16H16F2N2O3. The molecule has 1 fully saturated rings. The number of benzene rings is 1. The zero-order valence-electron chi connectivity index (χ0n) is 12.3. The van der Waals surface area contributed by atoms with Gasteiger partial charge in [0.1, 0.15) is 0 Å². The number of rotatable bonds is 5. The average Bonchev–Trinajstić information content (AvgIpc) is 3.02. The number of ether oxygens (including phenoxy) is 2. The molecule has 0 atom stereocenters. The van der Waals surface area contributed by atoms with E-state index in [9.17, 15) is 13.6 Å². The lowest BCUT2D eigenvalue weighted by atomic mass is 10.1. The van der Waals surface area contributed by atoms with Crippen LogP contribution >= 0.6 is 0 Å². The molecule has 0 aliphatic heterocycles. The molecule has 5 nitrogen and oxygen atoms in total. The monoisotopic (exact) mass is 322 g/mol. The van der Waals surface area contributed by atoms with E-state index in [0.29, 0.717) is 11.3 Å². The number of aromatic amines is 1. The molecule has 0 spiro atoms. The van der Waals surface area contributed by atoms with E-state index in [1.807, 2.05) is 0 Å². The standard InChI is InChI=1S/C16H16F2N2O3/c17-16(18)23-13-7-5-10(12-6-8-15(21)20-19-12)9-14(13)22-11-3-1-2-4-11/h5-9,11,16H,1-4H2,(H,20,21). The Morgan fingerprint density at radius 3 is 2.57 bits per heavy atom. The Labute approximate surface area is 131 Å². The van der Waals surface area contributed by atoms with Crippen molar-refractivity contribution in [2.75, 3.05) is 0 Å². The molecule has 3 rings (SSSR count). The normalized spacial score (nSPS) is 15.1. The molecule has 1 N–H and O–H groups in total. The van der Waals surface area contributed by atoms with Gasteiger partial charge in [0.05, 0.1) is 11.8 Å². The van der Waals surface area contributed by atoms with Crippen LogP contribution in [0.25, 0.3) is 11.3 Å². The number of H-pyrrole nitrogens is 1. The zero-order valence-corrected chi connectivity index (χ0v) is 12.3. The van der Waals surface area contributed by atoms with Crippen molar-refractivity contribution in [2.24, 2.45) is 0 Å². The first-order valence-corrected chi connectivity index (χ1v) is 7.43. The van der Waals surface area contributed by atoms with Crippen LogP contribution in [0.2, 0.25) is 0 Å². The number of hydrogen-bond donors (Lipinski definition) is 1. The van der Waals surface area contributed by atoms with Crippen LogP contribution < -0.4 is 15.0 Å². The Morgan fingerprint density at radius 1 is 1.13 bits per heavy atom. The van der Waals surface area contributed by atoms with E-state index in [1.165, 1.54) is 12.1 Å². The van der Waals surface area contributed by atoms with Crippen molar-refractivity contribution in [3.05, 3.63) is 40.7 Å². The van der Waals surface area contributed by atoms with Crippen LogP contribution in [0.4, 0.5) is 8.78 Å². The second kappa shape index (κ2) is 6.76. The highest BCUT2D eigenvalue weighted by atomic mass is 19.3. The Kier molecular flexibility index (Phi) is 4.55. The summed E-state index contributed by atoms with van der Waals surface area (Å²) < 4.78 is 35.5. The maximum atomic E-state index is 12.6. The number of nitrogens with one attached hydrogen (secondary N) is 1. The lowest BCUT2D eigenvalue weighted by molar-refractivity contribution is -0.0520. The van der Waals surface area contributed by atoms with Gasteiger partial charge in [-0.3, -0.25) is 4.79 Å². The van der Waals surface area contributed by atoms with Crippen LogP contribution in [0.5, 0.6) is 11.5 Å². The molecule has 0 unspecified atom stereocenters. The Morgan fingerprint density at radius 2 is 1.91 bits per heavy atom. The van der Waals surface area contributed by atoms with E-state index in [4.69, 9.17) is 4.74 Å². The van der Waals surface area contributed by atoms with Crippen LogP contribution in [0.1, 0.15) is 25.7 Å². The summed E-state index contributed by atoms with van der Waals surface area (Å²) in [5, 5.41) is 6.27. The second-order valence-electron chi connectivity index (χ2n) is 5.37. The van der Waals surface area contributed by atoms with Crippen molar-refractivity contribution in [3.8, 4) is 22.8 Å². The SMILES string of the molecule is O=c1ccc(-c2ccc(OC(F)F)c(OC3CCCC3)c2)n[nH]1. The largest absolute Gasteiger partial charge is 0.487 e. The molecule has 0 radical (unpaired) electrons. The number of alkyl halides is 2. The number of aromatic nitrogens is 2. The van der Waals surface area contributed by atoms with E-state index in [0.717, 1.165) is 25.7 Å². The zero-order chi connectivity index (χ0) is 16.2. The molecule has 0 amide bonds.